The molecule has 7 heteroatoms. The van der Waals surface area contributed by atoms with Gasteiger partial charge in [-0.1, -0.05) is 42.5 Å². The molecule has 0 radical (unpaired) electrons. The van der Waals surface area contributed by atoms with Crippen LogP contribution >= 0.6 is 0 Å². The molecule has 1 aliphatic heterocycles. The molecule has 0 bridgehead atoms. The van der Waals surface area contributed by atoms with Gasteiger partial charge in [0.1, 0.15) is 6.07 Å². The van der Waals surface area contributed by atoms with E-state index in [1.807, 2.05) is 23.1 Å². The number of hydrogen-bond acceptors (Lipinski definition) is 6. The number of hydrogen-bond donors (Lipinski definition) is 0. The van der Waals surface area contributed by atoms with Crippen LogP contribution in [0.5, 0.6) is 0 Å². The molecule has 146 valence electrons. The average Bonchev–Trinajstić information content (AvgIpc) is 2.79. The topological polar surface area (TPSA) is 82.4 Å². The Kier molecular flexibility index (Phi) is 5.52. The lowest BCUT2D eigenvalue weighted by Gasteiger charge is -2.34. The van der Waals surface area contributed by atoms with Crippen molar-refractivity contribution in [2.24, 2.45) is 0 Å². The molecule has 2 aromatic carbocycles. The normalized spacial score (nSPS) is 13.9. The summed E-state index contributed by atoms with van der Waals surface area (Å²) in [5.74, 6) is 0.568. The minimum absolute atomic E-state index is 0.301. The third-order valence-corrected chi connectivity index (χ3v) is 5.10. The zero-order valence-electron chi connectivity index (χ0n) is 16.0. The Morgan fingerprint density at radius 1 is 1.03 bits per heavy atom. The highest BCUT2D eigenvalue weighted by Crippen LogP contribution is 2.19. The summed E-state index contributed by atoms with van der Waals surface area (Å²) in [6, 6.07) is 16.5. The summed E-state index contributed by atoms with van der Waals surface area (Å²) < 4.78 is 5.51. The van der Waals surface area contributed by atoms with Crippen LogP contribution in [0.25, 0.3) is 10.8 Å². The van der Waals surface area contributed by atoms with Crippen molar-refractivity contribution in [2.75, 3.05) is 37.7 Å². The SMILES string of the molecule is N#Cc1nccnc1N1CCN(C(=O)OCCc2cccc3ccccc23)CC1. The molecule has 0 aliphatic carbocycles. The van der Waals surface area contributed by atoms with Crippen molar-refractivity contribution in [3.63, 3.8) is 0 Å². The Bertz CT molecular complexity index is 1050. The molecule has 1 fully saturated rings. The van der Waals surface area contributed by atoms with Crippen molar-refractivity contribution in [3.05, 3.63) is 66.1 Å². The van der Waals surface area contributed by atoms with Gasteiger partial charge in [-0.05, 0) is 16.3 Å². The molecule has 29 heavy (non-hydrogen) atoms. The largest absolute Gasteiger partial charge is 0.449 e. The molecular formula is C22H21N5O2. The summed E-state index contributed by atoms with van der Waals surface area (Å²) in [6.07, 6.45) is 3.46. The Labute approximate surface area is 169 Å². The van der Waals surface area contributed by atoms with E-state index in [1.165, 1.54) is 22.5 Å². The van der Waals surface area contributed by atoms with E-state index in [1.54, 1.807) is 11.1 Å². The summed E-state index contributed by atoms with van der Waals surface area (Å²) in [5.41, 5.74) is 1.48. The molecule has 1 aliphatic rings. The highest BCUT2D eigenvalue weighted by molar-refractivity contribution is 5.85. The van der Waals surface area contributed by atoms with Gasteiger partial charge in [0, 0.05) is 45.0 Å². The van der Waals surface area contributed by atoms with Gasteiger partial charge in [0.15, 0.2) is 11.5 Å². The van der Waals surface area contributed by atoms with E-state index in [9.17, 15) is 10.1 Å². The van der Waals surface area contributed by atoms with Crippen molar-refractivity contribution in [3.8, 4) is 6.07 Å². The number of nitrogens with zero attached hydrogens (tertiary/aromatic N) is 5. The van der Waals surface area contributed by atoms with Gasteiger partial charge in [0.25, 0.3) is 0 Å². The summed E-state index contributed by atoms with van der Waals surface area (Å²) in [6.45, 7) is 2.57. The molecule has 0 spiro atoms. The van der Waals surface area contributed by atoms with Gasteiger partial charge in [-0.2, -0.15) is 5.26 Å². The Morgan fingerprint density at radius 2 is 1.79 bits per heavy atom. The second-order valence-corrected chi connectivity index (χ2v) is 6.82. The summed E-state index contributed by atoms with van der Waals surface area (Å²) >= 11 is 0. The molecule has 4 rings (SSSR count). The van der Waals surface area contributed by atoms with E-state index in [2.05, 4.69) is 40.3 Å². The third-order valence-electron chi connectivity index (χ3n) is 5.10. The van der Waals surface area contributed by atoms with E-state index in [4.69, 9.17) is 4.74 Å². The van der Waals surface area contributed by atoms with Gasteiger partial charge in [-0.15, -0.1) is 0 Å². The van der Waals surface area contributed by atoms with E-state index in [0.29, 0.717) is 50.7 Å². The summed E-state index contributed by atoms with van der Waals surface area (Å²) in [5, 5.41) is 11.6. The number of amides is 1. The van der Waals surface area contributed by atoms with E-state index >= 15 is 0 Å². The quantitative estimate of drug-likeness (QED) is 0.684. The molecule has 0 N–H and O–H groups in total. The lowest BCUT2D eigenvalue weighted by Crippen LogP contribution is -2.49. The maximum Gasteiger partial charge on any atom is 0.409 e. The highest BCUT2D eigenvalue weighted by Gasteiger charge is 2.24. The molecule has 1 amide bonds. The van der Waals surface area contributed by atoms with E-state index < -0.39 is 0 Å². The van der Waals surface area contributed by atoms with Crippen molar-refractivity contribution in [1.29, 1.82) is 5.26 Å². The Hall–Kier alpha value is -3.66. The molecular weight excluding hydrogens is 366 g/mol. The van der Waals surface area contributed by atoms with Gasteiger partial charge in [-0.3, -0.25) is 0 Å². The van der Waals surface area contributed by atoms with Crippen molar-refractivity contribution < 1.29 is 9.53 Å². The molecule has 0 unspecified atom stereocenters. The fraction of sp³-hybridized carbons (Fsp3) is 0.273. The van der Waals surface area contributed by atoms with E-state index in [-0.39, 0.29) is 6.09 Å². The summed E-state index contributed by atoms with van der Waals surface area (Å²) in [7, 11) is 0. The lowest BCUT2D eigenvalue weighted by molar-refractivity contribution is 0.101. The fourth-order valence-corrected chi connectivity index (χ4v) is 3.59. The smallest absolute Gasteiger partial charge is 0.409 e. The summed E-state index contributed by atoms with van der Waals surface area (Å²) in [4.78, 5) is 24.4. The first-order valence-corrected chi connectivity index (χ1v) is 9.60. The maximum atomic E-state index is 12.4. The molecule has 0 atom stereocenters. The number of carbonyl (C=O) groups excluding carboxylic acids is 1. The zero-order chi connectivity index (χ0) is 20.1. The number of aromatic nitrogens is 2. The highest BCUT2D eigenvalue weighted by atomic mass is 16.6. The third kappa shape index (κ3) is 4.11. The number of anilines is 1. The van der Waals surface area contributed by atoms with Gasteiger partial charge in [0.05, 0.1) is 6.61 Å². The number of rotatable bonds is 4. The van der Waals surface area contributed by atoms with Crippen molar-refractivity contribution >= 4 is 22.7 Å². The number of carbonyl (C=O) groups is 1. The molecule has 7 nitrogen and oxygen atoms in total. The number of ether oxygens (including phenoxy) is 1. The van der Waals surface area contributed by atoms with Crippen LogP contribution in [0.4, 0.5) is 10.6 Å². The average molecular weight is 387 g/mol. The molecule has 0 saturated carbocycles. The first-order chi connectivity index (χ1) is 14.3. The second-order valence-electron chi connectivity index (χ2n) is 6.82. The van der Waals surface area contributed by atoms with Crippen LogP contribution < -0.4 is 4.90 Å². The molecule has 1 saturated heterocycles. The van der Waals surface area contributed by atoms with Crippen molar-refractivity contribution in [1.82, 2.24) is 14.9 Å². The van der Waals surface area contributed by atoms with Gasteiger partial charge in [0.2, 0.25) is 0 Å². The fourth-order valence-electron chi connectivity index (χ4n) is 3.59. The minimum atomic E-state index is -0.301. The first kappa shape index (κ1) is 18.7. The lowest BCUT2D eigenvalue weighted by atomic mass is 10.0. The maximum absolute atomic E-state index is 12.4. The number of benzene rings is 2. The Balaban J connectivity index is 1.30. The van der Waals surface area contributed by atoms with Crippen molar-refractivity contribution in [2.45, 2.75) is 6.42 Å². The van der Waals surface area contributed by atoms with Crippen LogP contribution in [-0.2, 0) is 11.2 Å². The number of piperazine rings is 1. The molecule has 1 aromatic heterocycles. The second kappa shape index (κ2) is 8.57. The number of nitriles is 1. The van der Waals surface area contributed by atoms with Gasteiger partial charge < -0.3 is 14.5 Å². The van der Waals surface area contributed by atoms with Crippen LogP contribution in [0.15, 0.2) is 54.9 Å². The predicted molar refractivity (Wildman–Crippen MR) is 110 cm³/mol. The molecule has 3 aromatic rings. The number of fused-ring (bicyclic) bond motifs is 1. The van der Waals surface area contributed by atoms with E-state index in [0.717, 1.165) is 0 Å². The van der Waals surface area contributed by atoms with Crippen LogP contribution in [0.2, 0.25) is 0 Å². The van der Waals surface area contributed by atoms with Crippen LogP contribution in [0, 0.1) is 11.3 Å². The molecule has 2 heterocycles. The van der Waals surface area contributed by atoms with Crippen LogP contribution in [-0.4, -0.2) is 53.7 Å². The minimum Gasteiger partial charge on any atom is -0.449 e. The van der Waals surface area contributed by atoms with Crippen LogP contribution in [0.3, 0.4) is 0 Å². The Morgan fingerprint density at radius 3 is 2.62 bits per heavy atom. The standard InChI is InChI=1S/C22H21N5O2/c23-16-20-21(25-10-9-24-20)26-11-13-27(14-12-26)22(28)29-15-8-18-6-3-5-17-4-1-2-7-19(17)18/h1-7,9-10H,8,11-15H2. The van der Waals surface area contributed by atoms with Gasteiger partial charge >= 0.3 is 6.09 Å². The first-order valence-electron chi connectivity index (χ1n) is 9.60. The monoisotopic (exact) mass is 387 g/mol. The van der Waals surface area contributed by atoms with Gasteiger partial charge in [-0.25, -0.2) is 14.8 Å². The zero-order valence-corrected chi connectivity index (χ0v) is 16.0. The van der Waals surface area contributed by atoms with Crippen LogP contribution in [0.1, 0.15) is 11.3 Å². The predicted octanol–water partition coefficient (Wildman–Crippen LogP) is 3.00.